The molecular formula is C18H10BrFN2. The minimum atomic E-state index is -0.307. The molecular weight excluding hydrogens is 343 g/mol. The Morgan fingerprint density at radius 1 is 0.955 bits per heavy atom. The Kier molecular flexibility index (Phi) is 3.99. The molecule has 4 heteroatoms. The van der Waals surface area contributed by atoms with Gasteiger partial charge in [0.15, 0.2) is 0 Å². The van der Waals surface area contributed by atoms with Gasteiger partial charge in [-0.1, -0.05) is 42.5 Å². The average molecular weight is 353 g/mol. The molecule has 0 N–H and O–H groups in total. The van der Waals surface area contributed by atoms with Gasteiger partial charge in [-0.15, -0.1) is 0 Å². The first kappa shape index (κ1) is 14.4. The molecule has 2 aromatic carbocycles. The van der Waals surface area contributed by atoms with Gasteiger partial charge in [-0.25, -0.2) is 9.37 Å². The van der Waals surface area contributed by atoms with Crippen LogP contribution in [0.1, 0.15) is 5.56 Å². The zero-order valence-corrected chi connectivity index (χ0v) is 13.0. The summed E-state index contributed by atoms with van der Waals surface area (Å²) >= 11 is 3.36. The highest BCUT2D eigenvalue weighted by Gasteiger charge is 2.13. The molecule has 0 aliphatic carbocycles. The van der Waals surface area contributed by atoms with Crippen molar-refractivity contribution in [1.29, 1.82) is 5.26 Å². The van der Waals surface area contributed by atoms with Crippen molar-refractivity contribution in [3.05, 3.63) is 76.6 Å². The number of rotatable bonds is 2. The van der Waals surface area contributed by atoms with Crippen LogP contribution in [0.25, 0.3) is 22.4 Å². The fraction of sp³-hybridized carbons (Fsp3) is 0. The van der Waals surface area contributed by atoms with E-state index in [2.05, 4.69) is 27.0 Å². The van der Waals surface area contributed by atoms with E-state index in [0.29, 0.717) is 10.2 Å². The van der Waals surface area contributed by atoms with E-state index in [-0.39, 0.29) is 5.82 Å². The van der Waals surface area contributed by atoms with Gasteiger partial charge in [-0.2, -0.15) is 5.26 Å². The van der Waals surface area contributed by atoms with Gasteiger partial charge in [0.05, 0.1) is 11.3 Å². The maximum atomic E-state index is 13.1. The number of hydrogen-bond donors (Lipinski definition) is 0. The molecule has 0 unspecified atom stereocenters. The van der Waals surface area contributed by atoms with Crippen LogP contribution in [0, 0.1) is 17.1 Å². The Morgan fingerprint density at radius 3 is 2.27 bits per heavy atom. The molecule has 0 saturated carbocycles. The van der Waals surface area contributed by atoms with E-state index in [9.17, 15) is 9.65 Å². The highest BCUT2D eigenvalue weighted by Crippen LogP contribution is 2.32. The molecule has 0 saturated heterocycles. The maximum Gasteiger partial charge on any atom is 0.125 e. The average Bonchev–Trinajstić information content (AvgIpc) is 2.55. The number of nitrogens with zero attached hydrogens (tertiary/aromatic N) is 2. The summed E-state index contributed by atoms with van der Waals surface area (Å²) in [5, 5.41) is 9.38. The SMILES string of the molecule is N#Cc1c(-c2ccc(F)cc2)cc(-c2ccccc2)nc1Br. The summed E-state index contributed by atoms with van der Waals surface area (Å²) in [6.07, 6.45) is 0. The van der Waals surface area contributed by atoms with Crippen molar-refractivity contribution in [2.24, 2.45) is 0 Å². The van der Waals surface area contributed by atoms with Crippen LogP contribution in [0.3, 0.4) is 0 Å². The van der Waals surface area contributed by atoms with Gasteiger partial charge in [-0.05, 0) is 39.7 Å². The lowest BCUT2D eigenvalue weighted by Crippen LogP contribution is -1.93. The lowest BCUT2D eigenvalue weighted by Gasteiger charge is -2.09. The summed E-state index contributed by atoms with van der Waals surface area (Å²) in [5.74, 6) is -0.307. The van der Waals surface area contributed by atoms with Crippen LogP contribution in [0.15, 0.2) is 65.3 Å². The van der Waals surface area contributed by atoms with Crippen molar-refractivity contribution in [2.75, 3.05) is 0 Å². The molecule has 106 valence electrons. The van der Waals surface area contributed by atoms with Gasteiger partial charge in [0.2, 0.25) is 0 Å². The number of pyridine rings is 1. The van der Waals surface area contributed by atoms with E-state index in [1.165, 1.54) is 12.1 Å². The highest BCUT2D eigenvalue weighted by atomic mass is 79.9. The minimum Gasteiger partial charge on any atom is -0.239 e. The lowest BCUT2D eigenvalue weighted by atomic mass is 9.99. The molecule has 3 aromatic rings. The minimum absolute atomic E-state index is 0.307. The molecule has 0 spiro atoms. The third-order valence-corrected chi connectivity index (χ3v) is 3.89. The van der Waals surface area contributed by atoms with Gasteiger partial charge in [0.25, 0.3) is 0 Å². The van der Waals surface area contributed by atoms with E-state index in [0.717, 1.165) is 22.4 Å². The summed E-state index contributed by atoms with van der Waals surface area (Å²) in [6, 6.07) is 19.8. The Labute approximate surface area is 136 Å². The standard InChI is InChI=1S/C18H10BrFN2/c19-18-16(11-21)15(12-6-8-14(20)9-7-12)10-17(22-18)13-4-2-1-3-5-13/h1-10H. The molecule has 0 fully saturated rings. The summed E-state index contributed by atoms with van der Waals surface area (Å²) in [4.78, 5) is 4.44. The Balaban J connectivity index is 2.22. The largest absolute Gasteiger partial charge is 0.239 e. The molecule has 0 aliphatic rings. The lowest BCUT2D eigenvalue weighted by molar-refractivity contribution is 0.628. The van der Waals surface area contributed by atoms with Crippen molar-refractivity contribution in [3.8, 4) is 28.5 Å². The van der Waals surface area contributed by atoms with Crippen LogP contribution in [-0.4, -0.2) is 4.98 Å². The van der Waals surface area contributed by atoms with E-state index in [1.807, 2.05) is 36.4 Å². The zero-order chi connectivity index (χ0) is 15.5. The first-order valence-corrected chi connectivity index (χ1v) is 7.40. The first-order chi connectivity index (χ1) is 10.7. The van der Waals surface area contributed by atoms with Crippen molar-refractivity contribution in [3.63, 3.8) is 0 Å². The fourth-order valence-electron chi connectivity index (χ4n) is 2.23. The predicted molar refractivity (Wildman–Crippen MR) is 87.5 cm³/mol. The van der Waals surface area contributed by atoms with E-state index in [4.69, 9.17) is 0 Å². The molecule has 0 bridgehead atoms. The Morgan fingerprint density at radius 2 is 1.64 bits per heavy atom. The molecule has 1 aromatic heterocycles. The summed E-state index contributed by atoms with van der Waals surface area (Å²) in [6.45, 7) is 0. The molecule has 1 heterocycles. The van der Waals surface area contributed by atoms with Crippen LogP contribution in [0.4, 0.5) is 4.39 Å². The van der Waals surface area contributed by atoms with Crippen LogP contribution >= 0.6 is 15.9 Å². The molecule has 3 rings (SSSR count). The Hall–Kier alpha value is -2.51. The van der Waals surface area contributed by atoms with Crippen molar-refractivity contribution in [1.82, 2.24) is 4.98 Å². The van der Waals surface area contributed by atoms with Crippen LogP contribution < -0.4 is 0 Å². The first-order valence-electron chi connectivity index (χ1n) is 6.61. The van der Waals surface area contributed by atoms with Crippen LogP contribution in [0.5, 0.6) is 0 Å². The zero-order valence-electron chi connectivity index (χ0n) is 11.4. The van der Waals surface area contributed by atoms with Crippen molar-refractivity contribution < 1.29 is 4.39 Å². The summed E-state index contributed by atoms with van der Waals surface area (Å²) in [5.41, 5.74) is 3.65. The van der Waals surface area contributed by atoms with E-state index < -0.39 is 0 Å². The van der Waals surface area contributed by atoms with E-state index in [1.54, 1.807) is 12.1 Å². The number of nitriles is 1. The van der Waals surface area contributed by atoms with Gasteiger partial charge < -0.3 is 0 Å². The summed E-state index contributed by atoms with van der Waals surface area (Å²) in [7, 11) is 0. The van der Waals surface area contributed by atoms with Crippen molar-refractivity contribution >= 4 is 15.9 Å². The fourth-order valence-corrected chi connectivity index (χ4v) is 2.73. The van der Waals surface area contributed by atoms with Crippen LogP contribution in [0.2, 0.25) is 0 Å². The molecule has 22 heavy (non-hydrogen) atoms. The third kappa shape index (κ3) is 2.76. The second-order valence-corrected chi connectivity index (χ2v) is 5.46. The second kappa shape index (κ2) is 6.08. The Bertz CT molecular complexity index is 853. The second-order valence-electron chi connectivity index (χ2n) is 4.71. The quantitative estimate of drug-likeness (QED) is 0.595. The molecule has 0 atom stereocenters. The molecule has 0 amide bonds. The number of benzene rings is 2. The topological polar surface area (TPSA) is 36.7 Å². The number of hydrogen-bond acceptors (Lipinski definition) is 2. The van der Waals surface area contributed by atoms with Gasteiger partial charge in [-0.3, -0.25) is 0 Å². The van der Waals surface area contributed by atoms with Crippen molar-refractivity contribution in [2.45, 2.75) is 0 Å². The normalized spacial score (nSPS) is 10.2. The number of halogens is 2. The molecule has 0 aliphatic heterocycles. The monoisotopic (exact) mass is 352 g/mol. The molecule has 2 nitrogen and oxygen atoms in total. The third-order valence-electron chi connectivity index (χ3n) is 3.31. The predicted octanol–water partition coefficient (Wildman–Crippen LogP) is 5.19. The summed E-state index contributed by atoms with van der Waals surface area (Å²) < 4.78 is 13.6. The number of aromatic nitrogens is 1. The van der Waals surface area contributed by atoms with Gasteiger partial charge in [0, 0.05) is 11.1 Å². The van der Waals surface area contributed by atoms with Gasteiger partial charge >= 0.3 is 0 Å². The smallest absolute Gasteiger partial charge is 0.125 e. The highest BCUT2D eigenvalue weighted by molar-refractivity contribution is 9.10. The van der Waals surface area contributed by atoms with Gasteiger partial charge in [0.1, 0.15) is 16.5 Å². The van der Waals surface area contributed by atoms with E-state index >= 15 is 0 Å². The maximum absolute atomic E-state index is 13.1. The van der Waals surface area contributed by atoms with Crippen LogP contribution in [-0.2, 0) is 0 Å². The molecule has 0 radical (unpaired) electrons.